The van der Waals surface area contributed by atoms with Crippen LogP contribution >= 0.6 is 11.6 Å². The molecule has 0 fully saturated rings. The summed E-state index contributed by atoms with van der Waals surface area (Å²) in [7, 11) is 1.89. The maximum absolute atomic E-state index is 10.3. The lowest BCUT2D eigenvalue weighted by atomic mass is 10.1. The topological polar surface area (TPSA) is 63.0 Å². The van der Waals surface area contributed by atoms with Crippen molar-refractivity contribution in [3.63, 3.8) is 0 Å². The summed E-state index contributed by atoms with van der Waals surface area (Å²) in [5.74, 6) is 0. The third-order valence-electron chi connectivity index (χ3n) is 3.73. The smallest absolute Gasteiger partial charge is 0.0983 e. The molecule has 5 nitrogen and oxygen atoms in total. The molecule has 3 rings (SSSR count). The molecule has 6 heteroatoms. The summed E-state index contributed by atoms with van der Waals surface area (Å²) in [6, 6.07) is 11.1. The third kappa shape index (κ3) is 4.00. The van der Waals surface area contributed by atoms with E-state index in [-0.39, 0.29) is 0 Å². The highest BCUT2D eigenvalue weighted by Gasteiger charge is 2.12. The van der Waals surface area contributed by atoms with Crippen LogP contribution in [-0.2, 0) is 13.6 Å². The van der Waals surface area contributed by atoms with Gasteiger partial charge in [0, 0.05) is 54.9 Å². The molecule has 1 unspecified atom stereocenters. The first kappa shape index (κ1) is 16.6. The Labute approximate surface area is 145 Å². The van der Waals surface area contributed by atoms with Crippen LogP contribution in [0, 0.1) is 0 Å². The van der Waals surface area contributed by atoms with E-state index in [9.17, 15) is 5.11 Å². The fourth-order valence-electron chi connectivity index (χ4n) is 2.59. The number of halogens is 1. The van der Waals surface area contributed by atoms with Crippen LogP contribution in [0.15, 0.2) is 55.0 Å². The van der Waals surface area contributed by atoms with Crippen molar-refractivity contribution in [2.75, 3.05) is 6.54 Å². The molecule has 0 saturated heterocycles. The van der Waals surface area contributed by atoms with Gasteiger partial charge in [0.15, 0.2) is 0 Å². The van der Waals surface area contributed by atoms with Crippen LogP contribution in [0.4, 0.5) is 0 Å². The number of hydrogen-bond acceptors (Lipinski definition) is 4. The molecular formula is C18H19ClN4O. The molecule has 1 aromatic carbocycles. The fraction of sp³-hybridized carbons (Fsp3) is 0.222. The van der Waals surface area contributed by atoms with E-state index in [0.29, 0.717) is 18.1 Å². The van der Waals surface area contributed by atoms with Crippen LogP contribution in [0.1, 0.15) is 17.2 Å². The highest BCUT2D eigenvalue weighted by Crippen LogP contribution is 2.21. The normalized spacial score (nSPS) is 12.3. The minimum Gasteiger partial charge on any atom is -0.387 e. The molecule has 24 heavy (non-hydrogen) atoms. The first-order chi connectivity index (χ1) is 11.6. The maximum Gasteiger partial charge on any atom is 0.0983 e. The van der Waals surface area contributed by atoms with Gasteiger partial charge in [-0.2, -0.15) is 5.10 Å². The molecule has 2 N–H and O–H groups in total. The van der Waals surface area contributed by atoms with Gasteiger partial charge in [-0.15, -0.1) is 0 Å². The molecule has 0 amide bonds. The number of aliphatic hydroxyl groups excluding tert-OH is 1. The molecule has 0 aliphatic heterocycles. The first-order valence-electron chi connectivity index (χ1n) is 7.70. The predicted octanol–water partition coefficient (Wildman–Crippen LogP) is 2.96. The zero-order valence-electron chi connectivity index (χ0n) is 13.4. The van der Waals surface area contributed by atoms with Crippen LogP contribution in [-0.4, -0.2) is 26.4 Å². The van der Waals surface area contributed by atoms with Crippen molar-refractivity contribution >= 4 is 11.6 Å². The Balaban J connectivity index is 1.65. The molecule has 0 saturated carbocycles. The second-order valence-corrected chi connectivity index (χ2v) is 6.06. The van der Waals surface area contributed by atoms with E-state index in [2.05, 4.69) is 15.4 Å². The van der Waals surface area contributed by atoms with Crippen LogP contribution in [0.25, 0.3) is 11.3 Å². The summed E-state index contributed by atoms with van der Waals surface area (Å²) < 4.78 is 1.78. The minimum absolute atomic E-state index is 0.432. The molecule has 0 aliphatic carbocycles. The summed E-state index contributed by atoms with van der Waals surface area (Å²) in [4.78, 5) is 4.15. The lowest BCUT2D eigenvalue weighted by Gasteiger charge is -2.12. The number of aryl methyl sites for hydroxylation is 1. The van der Waals surface area contributed by atoms with E-state index < -0.39 is 6.10 Å². The quantitative estimate of drug-likeness (QED) is 0.723. The summed E-state index contributed by atoms with van der Waals surface area (Å²) in [6.45, 7) is 1.04. The Morgan fingerprint density at radius 3 is 2.92 bits per heavy atom. The number of aromatic nitrogens is 3. The number of aliphatic hydroxyl groups is 1. The Morgan fingerprint density at radius 2 is 2.17 bits per heavy atom. The third-order valence-corrected chi connectivity index (χ3v) is 3.96. The summed E-state index contributed by atoms with van der Waals surface area (Å²) in [5.41, 5.74) is 3.73. The van der Waals surface area contributed by atoms with Crippen molar-refractivity contribution in [2.45, 2.75) is 12.6 Å². The number of nitrogens with zero attached hydrogens (tertiary/aromatic N) is 3. The van der Waals surface area contributed by atoms with Gasteiger partial charge in [-0.05, 0) is 29.8 Å². The van der Waals surface area contributed by atoms with E-state index in [4.69, 9.17) is 11.6 Å². The molecule has 0 aliphatic rings. The zero-order valence-corrected chi connectivity index (χ0v) is 14.1. The van der Waals surface area contributed by atoms with Gasteiger partial charge in [0.1, 0.15) is 0 Å². The number of hydrogen-bond donors (Lipinski definition) is 2. The molecule has 0 bridgehead atoms. The average Bonchev–Trinajstić information content (AvgIpc) is 2.96. The molecular weight excluding hydrogens is 324 g/mol. The van der Waals surface area contributed by atoms with E-state index in [0.717, 1.165) is 22.4 Å². The lowest BCUT2D eigenvalue weighted by molar-refractivity contribution is 0.174. The highest BCUT2D eigenvalue weighted by atomic mass is 35.5. The van der Waals surface area contributed by atoms with Gasteiger partial charge >= 0.3 is 0 Å². The largest absolute Gasteiger partial charge is 0.387 e. The van der Waals surface area contributed by atoms with Gasteiger partial charge in [-0.25, -0.2) is 0 Å². The van der Waals surface area contributed by atoms with E-state index >= 15 is 0 Å². The molecule has 1 atom stereocenters. The Hall–Kier alpha value is -2.21. The van der Waals surface area contributed by atoms with E-state index in [1.807, 2.05) is 37.5 Å². The standard InChI is InChI=1S/C18H19ClN4O/c1-23-12-15(18(22-23)14-5-3-7-20-9-14)10-21-11-17(24)13-4-2-6-16(19)8-13/h2-9,12,17,21,24H,10-11H2,1H3. The van der Waals surface area contributed by atoms with Crippen LogP contribution < -0.4 is 5.32 Å². The summed E-state index contributed by atoms with van der Waals surface area (Å²) in [5, 5.41) is 18.7. The van der Waals surface area contributed by atoms with Crippen molar-refractivity contribution in [3.8, 4) is 11.3 Å². The van der Waals surface area contributed by atoms with Gasteiger partial charge < -0.3 is 10.4 Å². The fourth-order valence-corrected chi connectivity index (χ4v) is 2.79. The van der Waals surface area contributed by atoms with Crippen LogP contribution in [0.5, 0.6) is 0 Å². The van der Waals surface area contributed by atoms with Crippen LogP contribution in [0.3, 0.4) is 0 Å². The van der Waals surface area contributed by atoms with Gasteiger partial charge in [0.05, 0.1) is 11.8 Å². The predicted molar refractivity (Wildman–Crippen MR) is 94.6 cm³/mol. The summed E-state index contributed by atoms with van der Waals surface area (Å²) in [6.07, 6.45) is 4.90. The second-order valence-electron chi connectivity index (χ2n) is 5.62. The monoisotopic (exact) mass is 342 g/mol. The zero-order chi connectivity index (χ0) is 16.9. The number of nitrogens with one attached hydrogen (secondary N) is 1. The van der Waals surface area contributed by atoms with Crippen molar-refractivity contribution in [1.82, 2.24) is 20.1 Å². The number of pyridine rings is 1. The Kier molecular flexibility index (Phi) is 5.25. The number of rotatable bonds is 6. The van der Waals surface area contributed by atoms with Gasteiger partial charge in [0.25, 0.3) is 0 Å². The molecule has 2 aromatic heterocycles. The van der Waals surface area contributed by atoms with Gasteiger partial charge in [-0.3, -0.25) is 9.67 Å². The molecule has 2 heterocycles. The summed E-state index contributed by atoms with van der Waals surface area (Å²) >= 11 is 5.96. The van der Waals surface area contributed by atoms with Crippen molar-refractivity contribution in [2.24, 2.45) is 7.05 Å². The SMILES string of the molecule is Cn1cc(CNCC(O)c2cccc(Cl)c2)c(-c2cccnc2)n1. The highest BCUT2D eigenvalue weighted by molar-refractivity contribution is 6.30. The molecule has 0 spiro atoms. The molecule has 0 radical (unpaired) electrons. The molecule has 124 valence electrons. The van der Waals surface area contributed by atoms with Crippen LogP contribution in [0.2, 0.25) is 5.02 Å². The van der Waals surface area contributed by atoms with Crippen molar-refractivity contribution < 1.29 is 5.11 Å². The van der Waals surface area contributed by atoms with E-state index in [1.54, 1.807) is 29.2 Å². The first-order valence-corrected chi connectivity index (χ1v) is 8.08. The molecule has 3 aromatic rings. The minimum atomic E-state index is -0.609. The van der Waals surface area contributed by atoms with Gasteiger partial charge in [0.2, 0.25) is 0 Å². The Bertz CT molecular complexity index is 804. The van der Waals surface area contributed by atoms with E-state index in [1.165, 1.54) is 0 Å². The number of benzene rings is 1. The second kappa shape index (κ2) is 7.57. The van der Waals surface area contributed by atoms with Crippen molar-refractivity contribution in [1.29, 1.82) is 0 Å². The van der Waals surface area contributed by atoms with Gasteiger partial charge in [-0.1, -0.05) is 23.7 Å². The average molecular weight is 343 g/mol. The lowest BCUT2D eigenvalue weighted by Crippen LogP contribution is -2.21. The maximum atomic E-state index is 10.3. The van der Waals surface area contributed by atoms with Crippen molar-refractivity contribution in [3.05, 3.63) is 71.1 Å². The Morgan fingerprint density at radius 1 is 1.29 bits per heavy atom.